The summed E-state index contributed by atoms with van der Waals surface area (Å²) in [5, 5.41) is 12.1. The van der Waals surface area contributed by atoms with Crippen molar-refractivity contribution in [2.24, 2.45) is 0 Å². The molecule has 31 heavy (non-hydrogen) atoms. The van der Waals surface area contributed by atoms with Crippen LogP contribution in [0.15, 0.2) is 46.9 Å². The summed E-state index contributed by atoms with van der Waals surface area (Å²) in [6.07, 6.45) is 1.82. The molecule has 0 bridgehead atoms. The van der Waals surface area contributed by atoms with E-state index >= 15 is 0 Å². The van der Waals surface area contributed by atoms with Gasteiger partial charge in [-0.1, -0.05) is 18.2 Å². The Morgan fingerprint density at radius 3 is 2.58 bits per heavy atom. The van der Waals surface area contributed by atoms with Gasteiger partial charge in [-0.05, 0) is 57.0 Å². The molecule has 0 fully saturated rings. The van der Waals surface area contributed by atoms with E-state index in [0.717, 1.165) is 17.0 Å². The molecule has 0 spiro atoms. The van der Waals surface area contributed by atoms with Gasteiger partial charge in [-0.25, -0.2) is 8.42 Å². The van der Waals surface area contributed by atoms with E-state index in [4.69, 9.17) is 4.74 Å². The summed E-state index contributed by atoms with van der Waals surface area (Å²) in [7, 11) is -1.75. The molecule has 8 heteroatoms. The number of hydrogen-bond donors (Lipinski definition) is 1. The number of benzene rings is 1. The first-order valence-electron chi connectivity index (χ1n) is 10.1. The molecule has 1 aromatic carbocycles. The van der Waals surface area contributed by atoms with E-state index in [2.05, 4.69) is 9.88 Å². The van der Waals surface area contributed by atoms with Gasteiger partial charge >= 0.3 is 0 Å². The Balaban J connectivity index is 2.02. The van der Waals surface area contributed by atoms with Crippen LogP contribution in [0.2, 0.25) is 0 Å². The van der Waals surface area contributed by atoms with Crippen molar-refractivity contribution in [1.29, 1.82) is 5.26 Å². The monoisotopic (exact) mass is 443 g/mol. The molecule has 1 heterocycles. The largest absolute Gasteiger partial charge is 0.383 e. The lowest BCUT2D eigenvalue weighted by Crippen LogP contribution is -2.27. The summed E-state index contributed by atoms with van der Waals surface area (Å²) in [6.45, 7) is 6.66. The third-order valence-corrected chi connectivity index (χ3v) is 6.83. The molecule has 1 N–H and O–H groups in total. The van der Waals surface area contributed by atoms with E-state index in [1.807, 2.05) is 32.9 Å². The van der Waals surface area contributed by atoms with Gasteiger partial charge in [-0.15, -0.1) is 0 Å². The summed E-state index contributed by atoms with van der Waals surface area (Å²) >= 11 is 0. The van der Waals surface area contributed by atoms with Crippen LogP contribution in [0.4, 0.5) is 0 Å². The van der Waals surface area contributed by atoms with Crippen LogP contribution in [0.5, 0.6) is 0 Å². The molecule has 1 unspecified atom stereocenters. The summed E-state index contributed by atoms with van der Waals surface area (Å²) in [5.41, 5.74) is 2.72. The Kier molecular flexibility index (Phi) is 8.60. The highest BCUT2D eigenvalue weighted by molar-refractivity contribution is 7.91. The average molecular weight is 444 g/mol. The minimum atomic E-state index is -3.40. The number of amides is 1. The summed E-state index contributed by atoms with van der Waals surface area (Å²) in [5.74, 6) is -0.601. The van der Waals surface area contributed by atoms with Crippen LogP contribution in [0.1, 0.15) is 36.3 Å². The fourth-order valence-electron chi connectivity index (χ4n) is 3.55. The Labute approximate surface area is 184 Å². The molecular formula is C23H29N3O4S. The first-order valence-corrected chi connectivity index (χ1v) is 11.7. The number of ether oxygens (including phenoxy) is 1. The number of nitrogens with one attached hydrogen (secondary N) is 1. The number of sulfone groups is 1. The SMILES string of the molecule is COCC(C)n1c(C)cc(/C=C(/C#N)C(=O)NCCCS(=O)(=O)c2ccccc2)c1C. The van der Waals surface area contributed by atoms with Crippen LogP contribution in [-0.4, -0.2) is 44.9 Å². The second-order valence-corrected chi connectivity index (χ2v) is 9.52. The highest BCUT2D eigenvalue weighted by atomic mass is 32.2. The van der Waals surface area contributed by atoms with E-state index in [-0.39, 0.29) is 35.2 Å². The van der Waals surface area contributed by atoms with Gasteiger partial charge in [0.2, 0.25) is 0 Å². The Morgan fingerprint density at radius 1 is 1.29 bits per heavy atom. The first-order chi connectivity index (χ1) is 14.7. The smallest absolute Gasteiger partial charge is 0.261 e. The van der Waals surface area contributed by atoms with E-state index in [9.17, 15) is 18.5 Å². The molecular weight excluding hydrogens is 414 g/mol. The van der Waals surface area contributed by atoms with E-state index < -0.39 is 15.7 Å². The zero-order valence-corrected chi connectivity index (χ0v) is 19.2. The maximum absolute atomic E-state index is 12.4. The number of aryl methyl sites for hydroxylation is 1. The number of nitrogens with zero attached hydrogens (tertiary/aromatic N) is 2. The molecule has 0 aliphatic rings. The third kappa shape index (κ3) is 6.29. The molecule has 1 aromatic heterocycles. The molecule has 7 nitrogen and oxygen atoms in total. The molecule has 2 rings (SSSR count). The Morgan fingerprint density at radius 2 is 1.97 bits per heavy atom. The molecule has 0 radical (unpaired) electrons. The lowest BCUT2D eigenvalue weighted by atomic mass is 10.1. The van der Waals surface area contributed by atoms with E-state index in [0.29, 0.717) is 6.61 Å². The first kappa shape index (κ1) is 24.4. The third-order valence-electron chi connectivity index (χ3n) is 5.01. The maximum atomic E-state index is 12.4. The predicted molar refractivity (Wildman–Crippen MR) is 120 cm³/mol. The summed E-state index contributed by atoms with van der Waals surface area (Å²) < 4.78 is 31.9. The number of carbonyl (C=O) groups excluding carboxylic acids is 1. The predicted octanol–water partition coefficient (Wildman–Crippen LogP) is 3.20. The number of rotatable bonds is 10. The molecule has 166 valence electrons. The van der Waals surface area contributed by atoms with Gasteiger partial charge in [0.1, 0.15) is 11.6 Å². The van der Waals surface area contributed by atoms with Crippen LogP contribution >= 0.6 is 0 Å². The number of carbonyl (C=O) groups is 1. The lowest BCUT2D eigenvalue weighted by molar-refractivity contribution is -0.117. The topological polar surface area (TPSA) is 101 Å². The maximum Gasteiger partial charge on any atom is 0.261 e. The standard InChI is InChI=1S/C23H29N3O4S/c1-17-13-20(19(3)26(17)18(2)16-30-4)14-21(15-24)23(27)25-11-8-12-31(28,29)22-9-6-5-7-10-22/h5-7,9-10,13-14,18H,8,11-12,16H2,1-4H3,(H,25,27)/b21-14-. The number of methoxy groups -OCH3 is 1. The van der Waals surface area contributed by atoms with Gasteiger partial charge < -0.3 is 14.6 Å². The molecule has 0 aliphatic heterocycles. The molecule has 2 aromatic rings. The van der Waals surface area contributed by atoms with Crippen LogP contribution in [0.3, 0.4) is 0 Å². The highest BCUT2D eigenvalue weighted by Crippen LogP contribution is 2.22. The van der Waals surface area contributed by atoms with Crippen LogP contribution in [0, 0.1) is 25.2 Å². The summed E-state index contributed by atoms with van der Waals surface area (Å²) in [4.78, 5) is 12.7. The quantitative estimate of drug-likeness (QED) is 0.345. The van der Waals surface area contributed by atoms with Gasteiger partial charge in [-0.2, -0.15) is 5.26 Å². The Bertz CT molecular complexity index is 1080. The van der Waals surface area contributed by atoms with Gasteiger partial charge in [0, 0.05) is 25.0 Å². The van der Waals surface area contributed by atoms with Crippen molar-refractivity contribution >= 4 is 21.8 Å². The number of hydrogen-bond acceptors (Lipinski definition) is 5. The molecule has 0 saturated heterocycles. The van der Waals surface area contributed by atoms with E-state index in [1.54, 1.807) is 43.5 Å². The molecule has 0 aliphatic carbocycles. The molecule has 0 saturated carbocycles. The Hall–Kier alpha value is -2.89. The van der Waals surface area contributed by atoms with Crippen molar-refractivity contribution in [3.05, 3.63) is 58.9 Å². The van der Waals surface area contributed by atoms with Crippen molar-refractivity contribution < 1.29 is 17.9 Å². The second kappa shape index (κ2) is 10.9. The van der Waals surface area contributed by atoms with Crippen molar-refractivity contribution in [3.63, 3.8) is 0 Å². The minimum absolute atomic E-state index is 0.0226. The normalized spacial score (nSPS) is 12.9. The minimum Gasteiger partial charge on any atom is -0.383 e. The fourth-order valence-corrected chi connectivity index (χ4v) is 4.88. The van der Waals surface area contributed by atoms with Crippen molar-refractivity contribution in [2.45, 2.75) is 38.1 Å². The number of aromatic nitrogens is 1. The van der Waals surface area contributed by atoms with Crippen molar-refractivity contribution in [3.8, 4) is 6.07 Å². The van der Waals surface area contributed by atoms with Crippen LogP contribution < -0.4 is 5.32 Å². The number of nitriles is 1. The summed E-state index contributed by atoms with van der Waals surface area (Å²) in [6, 6.07) is 12.2. The molecule has 1 amide bonds. The van der Waals surface area contributed by atoms with Crippen LogP contribution in [0.25, 0.3) is 6.08 Å². The van der Waals surface area contributed by atoms with Crippen LogP contribution in [-0.2, 0) is 19.4 Å². The van der Waals surface area contributed by atoms with Crippen molar-refractivity contribution in [2.75, 3.05) is 26.0 Å². The van der Waals surface area contributed by atoms with Crippen molar-refractivity contribution in [1.82, 2.24) is 9.88 Å². The molecule has 1 atom stereocenters. The fraction of sp³-hybridized carbons (Fsp3) is 0.391. The van der Waals surface area contributed by atoms with Gasteiger partial charge in [-0.3, -0.25) is 4.79 Å². The lowest BCUT2D eigenvalue weighted by Gasteiger charge is -2.17. The highest BCUT2D eigenvalue weighted by Gasteiger charge is 2.17. The second-order valence-electron chi connectivity index (χ2n) is 7.41. The average Bonchev–Trinajstić information content (AvgIpc) is 3.03. The van der Waals surface area contributed by atoms with Gasteiger partial charge in [0.25, 0.3) is 5.91 Å². The van der Waals surface area contributed by atoms with Gasteiger partial charge in [0.15, 0.2) is 9.84 Å². The zero-order valence-electron chi connectivity index (χ0n) is 18.4. The van der Waals surface area contributed by atoms with E-state index in [1.165, 1.54) is 0 Å². The van der Waals surface area contributed by atoms with Gasteiger partial charge in [0.05, 0.1) is 23.3 Å². The zero-order chi connectivity index (χ0) is 23.0.